The minimum Gasteiger partial charge on any atom is -0.298 e. The topological polar surface area (TPSA) is 17.1 Å². The third kappa shape index (κ3) is 2.86. The van der Waals surface area contributed by atoms with Crippen molar-refractivity contribution in [2.24, 2.45) is 0 Å². The summed E-state index contributed by atoms with van der Waals surface area (Å²) in [4.78, 5) is 10.6. The lowest BCUT2D eigenvalue weighted by molar-refractivity contribution is -0.104. The fourth-order valence-electron chi connectivity index (χ4n) is 1.04. The van der Waals surface area contributed by atoms with E-state index in [9.17, 15) is 4.79 Å². The van der Waals surface area contributed by atoms with Crippen LogP contribution in [0.4, 0.5) is 0 Å². The molecule has 0 unspecified atom stereocenters. The largest absolute Gasteiger partial charge is 0.298 e. The first-order valence-electron chi connectivity index (χ1n) is 4.28. The maximum absolute atomic E-state index is 10.6. The van der Waals surface area contributed by atoms with E-state index < -0.39 is 0 Å². The molecule has 0 amide bonds. The molecular weight excluding hydrogens is 219 g/mol. The summed E-state index contributed by atoms with van der Waals surface area (Å²) in [6, 6.07) is 5.28. The number of hydrogen-bond acceptors (Lipinski definition) is 1. The van der Waals surface area contributed by atoms with Crippen LogP contribution in [-0.2, 0) is 4.79 Å². The zero-order chi connectivity index (χ0) is 10.6. The molecule has 0 saturated carbocycles. The van der Waals surface area contributed by atoms with E-state index in [4.69, 9.17) is 23.2 Å². The summed E-state index contributed by atoms with van der Waals surface area (Å²) in [5.74, 6) is 0. The van der Waals surface area contributed by atoms with E-state index in [-0.39, 0.29) is 0 Å². The van der Waals surface area contributed by atoms with Crippen LogP contribution in [-0.4, -0.2) is 6.29 Å². The Morgan fingerprint density at radius 1 is 1.36 bits per heavy atom. The molecule has 0 aliphatic carbocycles. The second-order valence-electron chi connectivity index (χ2n) is 2.86. The van der Waals surface area contributed by atoms with Crippen LogP contribution in [0.25, 0.3) is 6.08 Å². The predicted octanol–water partition coefficient (Wildman–Crippen LogP) is 3.99. The highest BCUT2D eigenvalue weighted by molar-refractivity contribution is 6.42. The van der Waals surface area contributed by atoms with E-state index in [0.29, 0.717) is 16.5 Å². The molecule has 1 aromatic carbocycles. The van der Waals surface area contributed by atoms with Crippen molar-refractivity contribution in [2.45, 2.75) is 13.3 Å². The van der Waals surface area contributed by atoms with Gasteiger partial charge in [0.2, 0.25) is 0 Å². The van der Waals surface area contributed by atoms with E-state index in [1.165, 1.54) is 0 Å². The SMILES string of the molecule is CC/C(C=O)=C/c1ccc(Cl)c(Cl)c1. The van der Waals surface area contributed by atoms with Crippen molar-refractivity contribution in [3.05, 3.63) is 39.4 Å². The lowest BCUT2D eigenvalue weighted by Crippen LogP contribution is -1.82. The molecule has 0 fully saturated rings. The van der Waals surface area contributed by atoms with Gasteiger partial charge in [0.15, 0.2) is 0 Å². The number of halogens is 2. The summed E-state index contributed by atoms with van der Waals surface area (Å²) in [7, 11) is 0. The second kappa shape index (κ2) is 5.18. The molecule has 0 bridgehead atoms. The number of rotatable bonds is 3. The molecule has 0 N–H and O–H groups in total. The normalized spacial score (nSPS) is 11.5. The van der Waals surface area contributed by atoms with Crippen molar-refractivity contribution < 1.29 is 4.79 Å². The minimum atomic E-state index is 0.502. The first-order chi connectivity index (χ1) is 6.67. The molecular formula is C11H10Cl2O. The molecule has 14 heavy (non-hydrogen) atoms. The summed E-state index contributed by atoms with van der Waals surface area (Å²) < 4.78 is 0. The van der Waals surface area contributed by atoms with E-state index in [1.54, 1.807) is 18.2 Å². The molecule has 1 nitrogen and oxygen atoms in total. The third-order valence-corrected chi connectivity index (χ3v) is 2.59. The number of benzene rings is 1. The van der Waals surface area contributed by atoms with Crippen molar-refractivity contribution in [1.82, 2.24) is 0 Å². The highest BCUT2D eigenvalue weighted by Gasteiger charge is 1.98. The standard InChI is InChI=1S/C11H10Cl2O/c1-2-8(7-14)5-9-3-4-10(12)11(13)6-9/h3-7H,2H2,1H3/b8-5-. The van der Waals surface area contributed by atoms with Gasteiger partial charge >= 0.3 is 0 Å². The van der Waals surface area contributed by atoms with E-state index in [0.717, 1.165) is 17.4 Å². The molecule has 0 radical (unpaired) electrons. The van der Waals surface area contributed by atoms with Gasteiger partial charge in [0, 0.05) is 0 Å². The molecule has 74 valence electrons. The second-order valence-corrected chi connectivity index (χ2v) is 3.68. The predicted molar refractivity (Wildman–Crippen MR) is 60.8 cm³/mol. The summed E-state index contributed by atoms with van der Waals surface area (Å²) in [5.41, 5.74) is 1.63. The maximum Gasteiger partial charge on any atom is 0.146 e. The fraction of sp³-hybridized carbons (Fsp3) is 0.182. The van der Waals surface area contributed by atoms with Crippen LogP contribution in [0.2, 0.25) is 10.0 Å². The Morgan fingerprint density at radius 3 is 2.57 bits per heavy atom. The Balaban J connectivity index is 3.03. The number of carbonyl (C=O) groups is 1. The lowest BCUT2D eigenvalue weighted by Gasteiger charge is -1.99. The van der Waals surface area contributed by atoms with Crippen LogP contribution >= 0.6 is 23.2 Å². The van der Waals surface area contributed by atoms with Crippen molar-refractivity contribution in [2.75, 3.05) is 0 Å². The summed E-state index contributed by atoms with van der Waals surface area (Å²) >= 11 is 11.6. The van der Waals surface area contributed by atoms with Gasteiger partial charge in [0.1, 0.15) is 6.29 Å². The first kappa shape index (κ1) is 11.3. The quantitative estimate of drug-likeness (QED) is 0.565. The van der Waals surface area contributed by atoms with Crippen molar-refractivity contribution >= 4 is 35.6 Å². The Kier molecular flexibility index (Phi) is 4.18. The van der Waals surface area contributed by atoms with E-state index in [1.807, 2.05) is 13.0 Å². The van der Waals surface area contributed by atoms with E-state index in [2.05, 4.69) is 0 Å². The summed E-state index contributed by atoms with van der Waals surface area (Å²) in [6.07, 6.45) is 3.36. The van der Waals surface area contributed by atoms with Gasteiger partial charge in [0.05, 0.1) is 10.0 Å². The Bertz CT molecular complexity index is 370. The van der Waals surface area contributed by atoms with Crippen molar-refractivity contribution in [3.63, 3.8) is 0 Å². The molecule has 0 aliphatic rings. The van der Waals surface area contributed by atoms with Crippen LogP contribution in [0.1, 0.15) is 18.9 Å². The molecule has 1 aromatic rings. The average molecular weight is 229 g/mol. The van der Waals surface area contributed by atoms with Gasteiger partial charge in [-0.3, -0.25) is 4.79 Å². The third-order valence-electron chi connectivity index (χ3n) is 1.86. The number of aldehydes is 1. The zero-order valence-corrected chi connectivity index (χ0v) is 9.27. The maximum atomic E-state index is 10.6. The Morgan fingerprint density at radius 2 is 2.07 bits per heavy atom. The van der Waals surface area contributed by atoms with Crippen LogP contribution in [0.5, 0.6) is 0 Å². The van der Waals surface area contributed by atoms with Gasteiger partial charge in [-0.25, -0.2) is 0 Å². The first-order valence-corrected chi connectivity index (χ1v) is 5.03. The summed E-state index contributed by atoms with van der Waals surface area (Å²) in [6.45, 7) is 1.93. The van der Waals surface area contributed by atoms with E-state index >= 15 is 0 Å². The number of carbonyl (C=O) groups excluding carboxylic acids is 1. The van der Waals surface area contributed by atoms with Crippen LogP contribution in [0.15, 0.2) is 23.8 Å². The van der Waals surface area contributed by atoms with Gasteiger partial charge in [-0.15, -0.1) is 0 Å². The molecule has 0 atom stereocenters. The van der Waals surface area contributed by atoms with Crippen LogP contribution in [0.3, 0.4) is 0 Å². The molecule has 1 rings (SSSR count). The Hall–Kier alpha value is -0.790. The molecule has 0 saturated heterocycles. The average Bonchev–Trinajstić information content (AvgIpc) is 2.19. The monoisotopic (exact) mass is 228 g/mol. The van der Waals surface area contributed by atoms with Gasteiger partial charge in [-0.05, 0) is 35.8 Å². The minimum absolute atomic E-state index is 0.502. The lowest BCUT2D eigenvalue weighted by atomic mass is 10.1. The molecule has 0 heterocycles. The van der Waals surface area contributed by atoms with Gasteiger partial charge in [-0.1, -0.05) is 36.2 Å². The summed E-state index contributed by atoms with van der Waals surface area (Å²) in [5, 5.41) is 1.02. The molecule has 0 aromatic heterocycles. The Labute approximate surface area is 93.3 Å². The van der Waals surface area contributed by atoms with Gasteiger partial charge in [0.25, 0.3) is 0 Å². The van der Waals surface area contributed by atoms with Crippen LogP contribution in [0, 0.1) is 0 Å². The number of hydrogen-bond donors (Lipinski definition) is 0. The zero-order valence-electron chi connectivity index (χ0n) is 7.76. The van der Waals surface area contributed by atoms with Crippen LogP contribution < -0.4 is 0 Å². The highest BCUT2D eigenvalue weighted by atomic mass is 35.5. The number of allylic oxidation sites excluding steroid dienone is 1. The smallest absolute Gasteiger partial charge is 0.146 e. The highest BCUT2D eigenvalue weighted by Crippen LogP contribution is 2.23. The molecule has 3 heteroatoms. The van der Waals surface area contributed by atoms with Gasteiger partial charge < -0.3 is 0 Å². The van der Waals surface area contributed by atoms with Crippen molar-refractivity contribution in [1.29, 1.82) is 0 Å². The molecule has 0 spiro atoms. The fourth-order valence-corrected chi connectivity index (χ4v) is 1.34. The molecule has 0 aliphatic heterocycles. The van der Waals surface area contributed by atoms with Gasteiger partial charge in [-0.2, -0.15) is 0 Å². The van der Waals surface area contributed by atoms with Crippen molar-refractivity contribution in [3.8, 4) is 0 Å².